The number of nitrogens with zero attached hydrogens (tertiary/aromatic N) is 1. The Balaban J connectivity index is 1.94. The molecule has 0 spiro atoms. The smallest absolute Gasteiger partial charge is 0.123 e. The van der Waals surface area contributed by atoms with Crippen LogP contribution in [-0.2, 0) is 6.42 Å². The van der Waals surface area contributed by atoms with Gasteiger partial charge in [0, 0.05) is 18.2 Å². The molecule has 1 atom stereocenters. The molecule has 1 N–H and O–H groups in total. The SMILES string of the molecule is CCC(c1ccc(F)cc1)c1ccc2c(n1)CCCN2. The fourth-order valence-corrected chi connectivity index (χ4v) is 2.85. The van der Waals surface area contributed by atoms with Gasteiger partial charge in [-0.2, -0.15) is 0 Å². The van der Waals surface area contributed by atoms with Crippen molar-refractivity contribution in [1.82, 2.24) is 4.98 Å². The first kappa shape index (κ1) is 13.1. The maximum atomic E-state index is 13.1. The van der Waals surface area contributed by atoms with Crippen LogP contribution in [0.25, 0.3) is 0 Å². The summed E-state index contributed by atoms with van der Waals surface area (Å²) >= 11 is 0. The summed E-state index contributed by atoms with van der Waals surface area (Å²) in [7, 11) is 0. The van der Waals surface area contributed by atoms with Gasteiger partial charge in [-0.25, -0.2) is 4.39 Å². The lowest BCUT2D eigenvalue weighted by Crippen LogP contribution is -2.15. The zero-order chi connectivity index (χ0) is 13.9. The van der Waals surface area contributed by atoms with Crippen LogP contribution in [0.3, 0.4) is 0 Å². The van der Waals surface area contributed by atoms with Gasteiger partial charge in [-0.05, 0) is 49.1 Å². The number of benzene rings is 1. The van der Waals surface area contributed by atoms with E-state index in [4.69, 9.17) is 4.98 Å². The average molecular weight is 270 g/mol. The van der Waals surface area contributed by atoms with E-state index in [0.29, 0.717) is 0 Å². The van der Waals surface area contributed by atoms with E-state index < -0.39 is 0 Å². The van der Waals surface area contributed by atoms with Crippen LogP contribution in [0, 0.1) is 5.82 Å². The number of aromatic nitrogens is 1. The number of nitrogens with one attached hydrogen (secondary N) is 1. The predicted molar refractivity (Wildman–Crippen MR) is 79.6 cm³/mol. The highest BCUT2D eigenvalue weighted by Crippen LogP contribution is 2.29. The van der Waals surface area contributed by atoms with Gasteiger partial charge in [0.05, 0.1) is 11.4 Å². The van der Waals surface area contributed by atoms with Crippen molar-refractivity contribution in [3.05, 3.63) is 59.2 Å². The number of fused-ring (bicyclic) bond motifs is 1. The highest BCUT2D eigenvalue weighted by molar-refractivity contribution is 5.51. The molecule has 2 nitrogen and oxygen atoms in total. The molecule has 0 aliphatic carbocycles. The minimum Gasteiger partial charge on any atom is -0.384 e. The molecule has 0 bridgehead atoms. The molecule has 1 unspecified atom stereocenters. The van der Waals surface area contributed by atoms with Crippen molar-refractivity contribution in [3.63, 3.8) is 0 Å². The maximum Gasteiger partial charge on any atom is 0.123 e. The Morgan fingerprint density at radius 3 is 2.75 bits per heavy atom. The summed E-state index contributed by atoms with van der Waals surface area (Å²) in [6, 6.07) is 11.0. The monoisotopic (exact) mass is 270 g/mol. The fraction of sp³-hybridized carbons (Fsp3) is 0.353. The molecule has 20 heavy (non-hydrogen) atoms. The van der Waals surface area contributed by atoms with Crippen LogP contribution in [0.5, 0.6) is 0 Å². The maximum absolute atomic E-state index is 13.1. The van der Waals surface area contributed by atoms with Crippen LogP contribution in [-0.4, -0.2) is 11.5 Å². The van der Waals surface area contributed by atoms with E-state index in [2.05, 4.69) is 24.4 Å². The second kappa shape index (κ2) is 5.61. The number of pyridine rings is 1. The second-order valence-corrected chi connectivity index (χ2v) is 5.27. The van der Waals surface area contributed by atoms with Crippen LogP contribution in [0.15, 0.2) is 36.4 Å². The Hall–Kier alpha value is -1.90. The molecule has 104 valence electrons. The van der Waals surface area contributed by atoms with Crippen molar-refractivity contribution < 1.29 is 4.39 Å². The van der Waals surface area contributed by atoms with Crippen LogP contribution in [0.4, 0.5) is 10.1 Å². The highest BCUT2D eigenvalue weighted by Gasteiger charge is 2.17. The van der Waals surface area contributed by atoms with E-state index in [0.717, 1.165) is 48.4 Å². The molecule has 1 aliphatic heterocycles. The lowest BCUT2D eigenvalue weighted by atomic mass is 9.92. The van der Waals surface area contributed by atoms with E-state index in [1.54, 1.807) is 0 Å². The molecular weight excluding hydrogens is 251 g/mol. The highest BCUT2D eigenvalue weighted by atomic mass is 19.1. The average Bonchev–Trinajstić information content (AvgIpc) is 2.50. The third kappa shape index (κ3) is 2.53. The number of hydrogen-bond acceptors (Lipinski definition) is 2. The molecule has 3 rings (SSSR count). The van der Waals surface area contributed by atoms with Gasteiger partial charge in [-0.15, -0.1) is 0 Å². The second-order valence-electron chi connectivity index (χ2n) is 5.27. The minimum absolute atomic E-state index is 0.189. The topological polar surface area (TPSA) is 24.9 Å². The molecular formula is C17H19FN2. The summed E-state index contributed by atoms with van der Waals surface area (Å²) in [4.78, 5) is 4.83. The first-order chi connectivity index (χ1) is 9.78. The summed E-state index contributed by atoms with van der Waals surface area (Å²) < 4.78 is 13.1. The summed E-state index contributed by atoms with van der Waals surface area (Å²) in [6.07, 6.45) is 3.14. The molecule has 2 heterocycles. The number of rotatable bonds is 3. The van der Waals surface area contributed by atoms with Gasteiger partial charge in [0.15, 0.2) is 0 Å². The van der Waals surface area contributed by atoms with Gasteiger partial charge < -0.3 is 5.32 Å². The summed E-state index contributed by atoms with van der Waals surface area (Å²) in [5.74, 6) is 0.0500. The van der Waals surface area contributed by atoms with Crippen LogP contribution >= 0.6 is 0 Å². The van der Waals surface area contributed by atoms with Gasteiger partial charge in [-0.1, -0.05) is 19.1 Å². The van der Waals surface area contributed by atoms with Crippen LogP contribution in [0.1, 0.15) is 42.6 Å². The Morgan fingerprint density at radius 1 is 1.20 bits per heavy atom. The zero-order valence-corrected chi connectivity index (χ0v) is 11.7. The third-order valence-corrected chi connectivity index (χ3v) is 3.94. The first-order valence-corrected chi connectivity index (χ1v) is 7.27. The van der Waals surface area contributed by atoms with E-state index >= 15 is 0 Å². The lowest BCUT2D eigenvalue weighted by Gasteiger charge is -2.21. The molecule has 0 fully saturated rings. The quantitative estimate of drug-likeness (QED) is 0.907. The Kier molecular flexibility index (Phi) is 3.68. The minimum atomic E-state index is -0.189. The number of halogens is 1. The fourth-order valence-electron chi connectivity index (χ4n) is 2.85. The van der Waals surface area contributed by atoms with Crippen molar-refractivity contribution >= 4 is 5.69 Å². The van der Waals surface area contributed by atoms with Gasteiger partial charge >= 0.3 is 0 Å². The van der Waals surface area contributed by atoms with Crippen molar-refractivity contribution in [3.8, 4) is 0 Å². The number of anilines is 1. The molecule has 1 aromatic carbocycles. The summed E-state index contributed by atoms with van der Waals surface area (Å²) in [5.41, 5.74) is 4.54. The van der Waals surface area contributed by atoms with Crippen molar-refractivity contribution in [1.29, 1.82) is 0 Å². The largest absolute Gasteiger partial charge is 0.384 e. The van der Waals surface area contributed by atoms with E-state index in [1.807, 2.05) is 12.1 Å². The van der Waals surface area contributed by atoms with Crippen molar-refractivity contribution in [2.24, 2.45) is 0 Å². The summed E-state index contributed by atoms with van der Waals surface area (Å²) in [5, 5.41) is 3.38. The van der Waals surface area contributed by atoms with Crippen LogP contribution in [0.2, 0.25) is 0 Å². The Labute approximate surface area is 119 Å². The molecule has 0 saturated carbocycles. The van der Waals surface area contributed by atoms with Crippen molar-refractivity contribution in [2.45, 2.75) is 32.1 Å². The zero-order valence-electron chi connectivity index (χ0n) is 11.7. The number of aryl methyl sites for hydroxylation is 1. The van der Waals surface area contributed by atoms with Gasteiger partial charge in [-0.3, -0.25) is 4.98 Å². The standard InChI is InChI=1S/C17H19FN2/c1-2-14(12-5-7-13(18)8-6-12)15-9-10-16-17(20-15)4-3-11-19-16/h5-10,14,19H,2-4,11H2,1H3. The Morgan fingerprint density at radius 2 is 2.00 bits per heavy atom. The predicted octanol–water partition coefficient (Wildman–Crippen LogP) is 4.12. The Bertz CT molecular complexity index is 592. The molecule has 2 aromatic rings. The molecule has 0 amide bonds. The third-order valence-electron chi connectivity index (χ3n) is 3.94. The van der Waals surface area contributed by atoms with Gasteiger partial charge in [0.2, 0.25) is 0 Å². The van der Waals surface area contributed by atoms with Crippen molar-refractivity contribution in [2.75, 3.05) is 11.9 Å². The number of hydrogen-bond donors (Lipinski definition) is 1. The van der Waals surface area contributed by atoms with Gasteiger partial charge in [0.25, 0.3) is 0 Å². The van der Waals surface area contributed by atoms with Crippen LogP contribution < -0.4 is 5.32 Å². The van der Waals surface area contributed by atoms with E-state index in [9.17, 15) is 4.39 Å². The molecule has 1 aromatic heterocycles. The van der Waals surface area contributed by atoms with E-state index in [-0.39, 0.29) is 11.7 Å². The van der Waals surface area contributed by atoms with Gasteiger partial charge in [0.1, 0.15) is 5.82 Å². The van der Waals surface area contributed by atoms with E-state index in [1.165, 1.54) is 12.1 Å². The normalized spacial score (nSPS) is 15.3. The molecule has 3 heteroatoms. The molecule has 0 radical (unpaired) electrons. The molecule has 0 saturated heterocycles. The lowest BCUT2D eigenvalue weighted by molar-refractivity contribution is 0.625. The first-order valence-electron chi connectivity index (χ1n) is 7.27. The molecule has 1 aliphatic rings. The summed E-state index contributed by atoms with van der Waals surface area (Å²) in [6.45, 7) is 3.18.